The number of hydrogen-bond acceptors (Lipinski definition) is 3. The maximum atomic E-state index is 11.9. The molecule has 0 aliphatic rings. The lowest BCUT2D eigenvalue weighted by atomic mass is 10.0. The molecule has 0 bridgehead atoms. The SMILES string of the molecule is C=CC[C@@H](C)NC(=O)C(NC(=O)OC)C(C)C. The Labute approximate surface area is 103 Å². The molecule has 0 saturated heterocycles. The van der Waals surface area contributed by atoms with E-state index in [1.54, 1.807) is 6.08 Å². The summed E-state index contributed by atoms with van der Waals surface area (Å²) in [4.78, 5) is 23.0. The van der Waals surface area contributed by atoms with E-state index < -0.39 is 12.1 Å². The Morgan fingerprint density at radius 2 is 1.88 bits per heavy atom. The van der Waals surface area contributed by atoms with Gasteiger partial charge in [-0.3, -0.25) is 4.79 Å². The zero-order valence-electron chi connectivity index (χ0n) is 10.9. The number of ether oxygens (including phenoxy) is 1. The number of nitrogens with one attached hydrogen (secondary N) is 2. The molecule has 0 heterocycles. The fourth-order valence-corrected chi connectivity index (χ4v) is 1.36. The molecule has 0 aliphatic heterocycles. The predicted molar refractivity (Wildman–Crippen MR) is 66.6 cm³/mol. The first-order chi connectivity index (χ1) is 7.92. The van der Waals surface area contributed by atoms with Gasteiger partial charge in [-0.2, -0.15) is 0 Å². The Morgan fingerprint density at radius 1 is 1.29 bits per heavy atom. The lowest BCUT2D eigenvalue weighted by Crippen LogP contribution is -2.51. The smallest absolute Gasteiger partial charge is 0.407 e. The lowest BCUT2D eigenvalue weighted by Gasteiger charge is -2.23. The molecule has 0 saturated carbocycles. The van der Waals surface area contributed by atoms with Crippen LogP contribution in [0, 0.1) is 5.92 Å². The van der Waals surface area contributed by atoms with E-state index in [2.05, 4.69) is 21.9 Å². The van der Waals surface area contributed by atoms with Gasteiger partial charge in [-0.05, 0) is 19.3 Å². The first-order valence-corrected chi connectivity index (χ1v) is 5.68. The van der Waals surface area contributed by atoms with Crippen LogP contribution in [0.2, 0.25) is 0 Å². The van der Waals surface area contributed by atoms with Crippen LogP contribution in [-0.2, 0) is 9.53 Å². The lowest BCUT2D eigenvalue weighted by molar-refractivity contribution is -0.124. The van der Waals surface area contributed by atoms with E-state index in [1.807, 2.05) is 20.8 Å². The van der Waals surface area contributed by atoms with E-state index in [0.29, 0.717) is 6.42 Å². The van der Waals surface area contributed by atoms with Crippen molar-refractivity contribution >= 4 is 12.0 Å². The second kappa shape index (κ2) is 7.70. The Morgan fingerprint density at radius 3 is 2.29 bits per heavy atom. The first kappa shape index (κ1) is 15.5. The van der Waals surface area contributed by atoms with Gasteiger partial charge in [0, 0.05) is 6.04 Å². The highest BCUT2D eigenvalue weighted by Crippen LogP contribution is 2.03. The van der Waals surface area contributed by atoms with Gasteiger partial charge in [0.25, 0.3) is 0 Å². The van der Waals surface area contributed by atoms with E-state index in [0.717, 1.165) is 0 Å². The van der Waals surface area contributed by atoms with Crippen LogP contribution in [-0.4, -0.2) is 31.2 Å². The maximum Gasteiger partial charge on any atom is 0.407 e. The molecule has 98 valence electrons. The highest BCUT2D eigenvalue weighted by Gasteiger charge is 2.25. The summed E-state index contributed by atoms with van der Waals surface area (Å²) in [5.74, 6) is -0.218. The van der Waals surface area contributed by atoms with Gasteiger partial charge in [0.05, 0.1) is 7.11 Å². The summed E-state index contributed by atoms with van der Waals surface area (Å²) in [7, 11) is 1.27. The normalized spacial score (nSPS) is 13.7. The Bertz CT molecular complexity index is 277. The zero-order chi connectivity index (χ0) is 13.4. The molecule has 2 amide bonds. The summed E-state index contributed by atoms with van der Waals surface area (Å²) in [5, 5.41) is 5.33. The van der Waals surface area contributed by atoms with Crippen molar-refractivity contribution in [1.82, 2.24) is 10.6 Å². The number of hydrogen-bond donors (Lipinski definition) is 2. The fourth-order valence-electron chi connectivity index (χ4n) is 1.36. The van der Waals surface area contributed by atoms with Crippen LogP contribution in [0.5, 0.6) is 0 Å². The summed E-state index contributed by atoms with van der Waals surface area (Å²) >= 11 is 0. The molecule has 1 unspecified atom stereocenters. The molecule has 5 heteroatoms. The summed E-state index contributed by atoms with van der Waals surface area (Å²) in [5.41, 5.74) is 0. The van der Waals surface area contributed by atoms with E-state index in [-0.39, 0.29) is 17.9 Å². The zero-order valence-corrected chi connectivity index (χ0v) is 10.9. The van der Waals surface area contributed by atoms with Crippen molar-refractivity contribution in [2.45, 2.75) is 39.3 Å². The van der Waals surface area contributed by atoms with Gasteiger partial charge in [-0.1, -0.05) is 19.9 Å². The standard InChI is InChI=1S/C12H22N2O3/c1-6-7-9(4)13-11(15)10(8(2)3)14-12(16)17-5/h6,8-10H,1,7H2,2-5H3,(H,13,15)(H,14,16)/t9-,10?/m1/s1. The number of alkyl carbamates (subject to hydrolysis) is 1. The first-order valence-electron chi connectivity index (χ1n) is 5.68. The van der Waals surface area contributed by atoms with Crippen molar-refractivity contribution < 1.29 is 14.3 Å². The van der Waals surface area contributed by atoms with E-state index in [9.17, 15) is 9.59 Å². The van der Waals surface area contributed by atoms with Gasteiger partial charge in [-0.15, -0.1) is 6.58 Å². The van der Waals surface area contributed by atoms with Crippen LogP contribution in [0.1, 0.15) is 27.2 Å². The van der Waals surface area contributed by atoms with Crippen LogP contribution in [0.15, 0.2) is 12.7 Å². The third-order valence-electron chi connectivity index (χ3n) is 2.32. The molecular weight excluding hydrogens is 220 g/mol. The Balaban J connectivity index is 4.44. The van der Waals surface area contributed by atoms with Crippen LogP contribution in [0.25, 0.3) is 0 Å². The maximum absolute atomic E-state index is 11.9. The van der Waals surface area contributed by atoms with Gasteiger partial charge in [0.15, 0.2) is 0 Å². The number of carbonyl (C=O) groups is 2. The van der Waals surface area contributed by atoms with E-state index >= 15 is 0 Å². The molecule has 0 aromatic rings. The molecule has 2 atom stereocenters. The third-order valence-corrected chi connectivity index (χ3v) is 2.32. The highest BCUT2D eigenvalue weighted by molar-refractivity contribution is 5.86. The molecular formula is C12H22N2O3. The second-order valence-electron chi connectivity index (χ2n) is 4.29. The van der Waals surface area contributed by atoms with Crippen LogP contribution in [0.4, 0.5) is 4.79 Å². The van der Waals surface area contributed by atoms with Crippen LogP contribution >= 0.6 is 0 Å². The molecule has 5 nitrogen and oxygen atoms in total. The van der Waals surface area contributed by atoms with Gasteiger partial charge >= 0.3 is 6.09 Å². The molecule has 0 aromatic carbocycles. The molecule has 0 aromatic heterocycles. The summed E-state index contributed by atoms with van der Waals surface area (Å²) < 4.78 is 4.49. The number of carbonyl (C=O) groups excluding carboxylic acids is 2. The molecule has 0 radical (unpaired) electrons. The van der Waals surface area contributed by atoms with Crippen molar-refractivity contribution in [3.05, 3.63) is 12.7 Å². The van der Waals surface area contributed by atoms with Crippen LogP contribution in [0.3, 0.4) is 0 Å². The molecule has 0 aliphatic carbocycles. The molecule has 17 heavy (non-hydrogen) atoms. The number of methoxy groups -OCH3 is 1. The largest absolute Gasteiger partial charge is 0.453 e. The second-order valence-corrected chi connectivity index (χ2v) is 4.29. The van der Waals surface area contributed by atoms with Crippen molar-refractivity contribution in [2.75, 3.05) is 7.11 Å². The topological polar surface area (TPSA) is 67.4 Å². The van der Waals surface area contributed by atoms with E-state index in [4.69, 9.17) is 0 Å². The quantitative estimate of drug-likeness (QED) is 0.693. The fraction of sp³-hybridized carbons (Fsp3) is 0.667. The highest BCUT2D eigenvalue weighted by atomic mass is 16.5. The third kappa shape index (κ3) is 5.94. The monoisotopic (exact) mass is 242 g/mol. The summed E-state index contributed by atoms with van der Waals surface area (Å²) in [6.45, 7) is 9.21. The minimum absolute atomic E-state index is 0.000645. The molecule has 0 spiro atoms. The van der Waals surface area contributed by atoms with Gasteiger partial charge in [0.2, 0.25) is 5.91 Å². The number of amides is 2. The van der Waals surface area contributed by atoms with Crippen molar-refractivity contribution in [3.8, 4) is 0 Å². The predicted octanol–water partition coefficient (Wildman–Crippen LogP) is 1.45. The average Bonchev–Trinajstić information content (AvgIpc) is 2.24. The number of rotatable bonds is 6. The summed E-state index contributed by atoms with van der Waals surface area (Å²) in [6.07, 6.45) is 1.83. The van der Waals surface area contributed by atoms with E-state index in [1.165, 1.54) is 7.11 Å². The van der Waals surface area contributed by atoms with Crippen LogP contribution < -0.4 is 10.6 Å². The van der Waals surface area contributed by atoms with Crippen molar-refractivity contribution in [2.24, 2.45) is 5.92 Å². The van der Waals surface area contributed by atoms with Gasteiger partial charge < -0.3 is 15.4 Å². The molecule has 2 N–H and O–H groups in total. The Hall–Kier alpha value is -1.52. The minimum Gasteiger partial charge on any atom is -0.453 e. The molecule has 0 fully saturated rings. The average molecular weight is 242 g/mol. The summed E-state index contributed by atoms with van der Waals surface area (Å²) in [6, 6.07) is -0.588. The van der Waals surface area contributed by atoms with Gasteiger partial charge in [-0.25, -0.2) is 4.79 Å². The Kier molecular flexibility index (Phi) is 7.02. The minimum atomic E-state index is -0.602. The van der Waals surface area contributed by atoms with Crippen molar-refractivity contribution in [3.63, 3.8) is 0 Å². The molecule has 0 rings (SSSR count). The van der Waals surface area contributed by atoms with Crippen molar-refractivity contribution in [1.29, 1.82) is 0 Å². The van der Waals surface area contributed by atoms with Gasteiger partial charge in [0.1, 0.15) is 6.04 Å².